The topological polar surface area (TPSA) is 102 Å². The average Bonchev–Trinajstić information content (AvgIpc) is 3.23. The highest BCUT2D eigenvalue weighted by Gasteiger charge is 2.25. The average molecular weight is 421 g/mol. The van der Waals surface area contributed by atoms with Crippen molar-refractivity contribution in [1.82, 2.24) is 14.7 Å². The Hall–Kier alpha value is -1.97. The Labute approximate surface area is 171 Å². The molecule has 9 heteroatoms. The molecule has 1 saturated carbocycles. The van der Waals surface area contributed by atoms with E-state index in [0.29, 0.717) is 12.6 Å². The molecule has 2 aromatic rings. The van der Waals surface area contributed by atoms with E-state index in [0.717, 1.165) is 55.4 Å². The Morgan fingerprint density at radius 3 is 2.69 bits per heavy atom. The minimum absolute atomic E-state index is 0.0177. The van der Waals surface area contributed by atoms with Crippen LogP contribution in [0.2, 0.25) is 0 Å². The van der Waals surface area contributed by atoms with Gasteiger partial charge in [0.15, 0.2) is 0 Å². The zero-order chi connectivity index (χ0) is 20.3. The number of nitrogens with one attached hydrogen (secondary N) is 2. The van der Waals surface area contributed by atoms with E-state index < -0.39 is 10.0 Å². The third kappa shape index (κ3) is 5.15. The maximum Gasteiger partial charge on any atom is 0.223 e. The molecular weight excluding hydrogens is 392 g/mol. The van der Waals surface area contributed by atoms with E-state index in [4.69, 9.17) is 14.5 Å². The molecule has 0 radical (unpaired) electrons. The predicted molar refractivity (Wildman–Crippen MR) is 112 cm³/mol. The van der Waals surface area contributed by atoms with E-state index in [-0.39, 0.29) is 23.9 Å². The lowest BCUT2D eigenvalue weighted by Crippen LogP contribution is -2.40. The van der Waals surface area contributed by atoms with E-state index >= 15 is 0 Å². The van der Waals surface area contributed by atoms with Crippen LogP contribution in [0.15, 0.2) is 24.4 Å². The Kier molecular flexibility index (Phi) is 6.17. The van der Waals surface area contributed by atoms with Crippen LogP contribution in [-0.2, 0) is 14.8 Å². The van der Waals surface area contributed by atoms with Crippen LogP contribution in [0.4, 0.5) is 5.95 Å². The van der Waals surface area contributed by atoms with Crippen LogP contribution in [0.3, 0.4) is 0 Å². The SMILES string of the molecule is CCS(=O)(=O)N[C@H]1CC[C@H](Nc2ncc3cccc(OC4CCOC4)c3n2)CC1. The first-order valence-electron chi connectivity index (χ1n) is 10.3. The first-order chi connectivity index (χ1) is 14.0. The van der Waals surface area contributed by atoms with Crippen molar-refractivity contribution in [3.8, 4) is 5.75 Å². The van der Waals surface area contributed by atoms with Gasteiger partial charge in [0.25, 0.3) is 0 Å². The van der Waals surface area contributed by atoms with Crippen LogP contribution >= 0.6 is 0 Å². The molecule has 158 valence electrons. The number of hydrogen-bond donors (Lipinski definition) is 2. The number of ether oxygens (including phenoxy) is 2. The van der Waals surface area contributed by atoms with Gasteiger partial charge in [-0.15, -0.1) is 0 Å². The number of fused-ring (bicyclic) bond motifs is 1. The molecule has 2 N–H and O–H groups in total. The van der Waals surface area contributed by atoms with Crippen LogP contribution in [-0.4, -0.2) is 55.5 Å². The Morgan fingerprint density at radius 2 is 1.97 bits per heavy atom. The molecule has 29 heavy (non-hydrogen) atoms. The summed E-state index contributed by atoms with van der Waals surface area (Å²) in [7, 11) is -3.15. The molecule has 8 nitrogen and oxygen atoms in total. The number of para-hydroxylation sites is 1. The predicted octanol–water partition coefficient (Wildman–Crippen LogP) is 2.46. The van der Waals surface area contributed by atoms with Gasteiger partial charge in [0.05, 0.1) is 19.0 Å². The molecule has 1 saturated heterocycles. The Morgan fingerprint density at radius 1 is 1.17 bits per heavy atom. The molecule has 2 aliphatic rings. The largest absolute Gasteiger partial charge is 0.486 e. The summed E-state index contributed by atoms with van der Waals surface area (Å²) in [4.78, 5) is 9.16. The van der Waals surface area contributed by atoms with E-state index in [1.165, 1.54) is 0 Å². The van der Waals surface area contributed by atoms with Crippen molar-refractivity contribution in [3.63, 3.8) is 0 Å². The summed E-state index contributed by atoms with van der Waals surface area (Å²) in [5.41, 5.74) is 0.793. The smallest absolute Gasteiger partial charge is 0.223 e. The Bertz CT molecular complexity index is 939. The third-order valence-electron chi connectivity index (χ3n) is 5.54. The second kappa shape index (κ2) is 8.81. The second-order valence-electron chi connectivity index (χ2n) is 7.71. The van der Waals surface area contributed by atoms with Crippen molar-refractivity contribution in [3.05, 3.63) is 24.4 Å². The van der Waals surface area contributed by atoms with Crippen LogP contribution < -0.4 is 14.8 Å². The van der Waals surface area contributed by atoms with Crippen LogP contribution in [0.5, 0.6) is 5.75 Å². The molecule has 1 unspecified atom stereocenters. The van der Waals surface area contributed by atoms with Gasteiger partial charge >= 0.3 is 0 Å². The van der Waals surface area contributed by atoms with Gasteiger partial charge in [-0.3, -0.25) is 0 Å². The molecular formula is C20H28N4O4S. The van der Waals surface area contributed by atoms with E-state index in [1.54, 1.807) is 6.92 Å². The molecule has 4 rings (SSSR count). The molecule has 2 heterocycles. The number of hydrogen-bond acceptors (Lipinski definition) is 7. The van der Waals surface area contributed by atoms with Gasteiger partial charge < -0.3 is 14.8 Å². The Balaban J connectivity index is 1.41. The molecule has 0 bridgehead atoms. The normalized spacial score (nSPS) is 25.2. The van der Waals surface area contributed by atoms with Crippen molar-refractivity contribution in [2.75, 3.05) is 24.3 Å². The third-order valence-corrected chi connectivity index (χ3v) is 6.99. The number of rotatable bonds is 7. The van der Waals surface area contributed by atoms with Crippen molar-refractivity contribution in [1.29, 1.82) is 0 Å². The van der Waals surface area contributed by atoms with Crippen molar-refractivity contribution >= 4 is 26.9 Å². The monoisotopic (exact) mass is 420 g/mol. The highest BCUT2D eigenvalue weighted by atomic mass is 32.2. The fourth-order valence-corrected chi connectivity index (χ4v) is 4.76. The lowest BCUT2D eigenvalue weighted by atomic mass is 9.92. The van der Waals surface area contributed by atoms with Crippen LogP contribution in [0.25, 0.3) is 10.9 Å². The minimum atomic E-state index is -3.15. The van der Waals surface area contributed by atoms with Gasteiger partial charge in [-0.25, -0.2) is 23.1 Å². The number of aromatic nitrogens is 2. The van der Waals surface area contributed by atoms with E-state index in [9.17, 15) is 8.42 Å². The summed E-state index contributed by atoms with van der Waals surface area (Å²) < 4.78 is 37.8. The molecule has 0 spiro atoms. The standard InChI is InChI=1S/C20H28N4O4S/c1-2-29(25,26)24-16-8-6-15(7-9-16)22-20-21-12-14-4-3-5-18(19(14)23-20)28-17-10-11-27-13-17/h3-5,12,15-17,24H,2,6-11,13H2,1H3,(H,21,22,23)/t15-,16-,17?. The summed E-state index contributed by atoms with van der Waals surface area (Å²) in [6.45, 7) is 3.00. The lowest BCUT2D eigenvalue weighted by molar-refractivity contribution is 0.142. The highest BCUT2D eigenvalue weighted by Crippen LogP contribution is 2.28. The summed E-state index contributed by atoms with van der Waals surface area (Å²) in [6.07, 6.45) is 6.11. The molecule has 2 fully saturated rings. The molecule has 1 aliphatic heterocycles. The fraction of sp³-hybridized carbons (Fsp3) is 0.600. The van der Waals surface area contributed by atoms with Crippen molar-refractivity contribution < 1.29 is 17.9 Å². The summed E-state index contributed by atoms with van der Waals surface area (Å²) in [6, 6.07) is 6.10. The van der Waals surface area contributed by atoms with Gasteiger partial charge in [-0.05, 0) is 38.7 Å². The number of nitrogens with zero attached hydrogens (tertiary/aromatic N) is 2. The zero-order valence-electron chi connectivity index (χ0n) is 16.6. The van der Waals surface area contributed by atoms with Gasteiger partial charge in [0.1, 0.15) is 17.4 Å². The van der Waals surface area contributed by atoms with Crippen LogP contribution in [0.1, 0.15) is 39.0 Å². The lowest BCUT2D eigenvalue weighted by Gasteiger charge is -2.29. The second-order valence-corrected chi connectivity index (χ2v) is 9.75. The first kappa shape index (κ1) is 20.3. The number of benzene rings is 1. The number of sulfonamides is 1. The van der Waals surface area contributed by atoms with Gasteiger partial charge in [0.2, 0.25) is 16.0 Å². The summed E-state index contributed by atoms with van der Waals surface area (Å²) in [5, 5.41) is 4.35. The molecule has 0 amide bonds. The van der Waals surface area contributed by atoms with Crippen LogP contribution in [0, 0.1) is 0 Å². The van der Waals surface area contributed by atoms with Gasteiger partial charge in [-0.2, -0.15) is 0 Å². The molecule has 1 atom stereocenters. The quantitative estimate of drug-likeness (QED) is 0.709. The van der Waals surface area contributed by atoms with E-state index in [1.807, 2.05) is 24.4 Å². The zero-order valence-corrected chi connectivity index (χ0v) is 17.5. The van der Waals surface area contributed by atoms with Gasteiger partial charge in [-0.1, -0.05) is 12.1 Å². The maximum atomic E-state index is 11.8. The van der Waals surface area contributed by atoms with E-state index in [2.05, 4.69) is 15.0 Å². The molecule has 1 aromatic heterocycles. The number of anilines is 1. The summed E-state index contributed by atoms with van der Waals surface area (Å²) in [5.74, 6) is 1.45. The highest BCUT2D eigenvalue weighted by molar-refractivity contribution is 7.89. The molecule has 1 aliphatic carbocycles. The first-order valence-corrected chi connectivity index (χ1v) is 11.9. The van der Waals surface area contributed by atoms with Crippen molar-refractivity contribution in [2.24, 2.45) is 0 Å². The maximum absolute atomic E-state index is 11.8. The molecule has 1 aromatic carbocycles. The van der Waals surface area contributed by atoms with Crippen molar-refractivity contribution in [2.45, 2.75) is 57.2 Å². The van der Waals surface area contributed by atoms with Gasteiger partial charge in [0, 0.05) is 30.1 Å². The minimum Gasteiger partial charge on any atom is -0.486 e. The summed E-state index contributed by atoms with van der Waals surface area (Å²) >= 11 is 0. The fourth-order valence-electron chi connectivity index (χ4n) is 3.85.